The Hall–Kier alpha value is -2.44. The summed E-state index contributed by atoms with van der Waals surface area (Å²) >= 11 is 5.86. The van der Waals surface area contributed by atoms with Crippen molar-refractivity contribution in [1.82, 2.24) is 14.5 Å². The SMILES string of the molecule is CC1(C)C(N)=N[C@](C)(c2cc(NC(=O)c3nn(C(F)F)cc3Cl)ccc2F)[C@@H]2CCN[SH]21=O. The highest BCUT2D eigenvalue weighted by Gasteiger charge is 2.58. The number of benzene rings is 1. The Balaban J connectivity index is 1.73. The number of nitrogens with two attached hydrogens (primary N) is 1. The fourth-order valence-electron chi connectivity index (χ4n) is 4.56. The number of aliphatic imine (C=N–C) groups is 1. The minimum Gasteiger partial charge on any atom is -0.386 e. The summed E-state index contributed by atoms with van der Waals surface area (Å²) in [6, 6.07) is 3.84. The minimum absolute atomic E-state index is 0.108. The van der Waals surface area contributed by atoms with E-state index in [1.165, 1.54) is 12.1 Å². The number of halogens is 4. The predicted octanol–water partition coefficient (Wildman–Crippen LogP) is 2.98. The molecule has 3 heterocycles. The number of carbonyl (C=O) groups is 1. The second-order valence-corrected chi connectivity index (χ2v) is 12.6. The number of aromatic nitrogens is 2. The summed E-state index contributed by atoms with van der Waals surface area (Å²) in [6.45, 7) is 2.70. The molecule has 0 saturated carbocycles. The molecule has 13 heteroatoms. The van der Waals surface area contributed by atoms with Crippen LogP contribution in [0.3, 0.4) is 0 Å². The Morgan fingerprint density at radius 2 is 2.09 bits per heavy atom. The molecule has 33 heavy (non-hydrogen) atoms. The number of anilines is 1. The highest BCUT2D eigenvalue weighted by Crippen LogP contribution is 2.49. The number of thiol groups is 1. The molecule has 8 nitrogen and oxygen atoms in total. The van der Waals surface area contributed by atoms with Crippen molar-refractivity contribution in [2.45, 2.75) is 49.3 Å². The molecule has 4 N–H and O–H groups in total. The van der Waals surface area contributed by atoms with E-state index in [1.54, 1.807) is 20.8 Å². The van der Waals surface area contributed by atoms with Gasteiger partial charge in [0.1, 0.15) is 17.2 Å². The van der Waals surface area contributed by atoms with Crippen molar-refractivity contribution < 1.29 is 22.2 Å². The molecule has 2 aliphatic rings. The van der Waals surface area contributed by atoms with Gasteiger partial charge in [-0.3, -0.25) is 18.7 Å². The first-order valence-electron chi connectivity index (χ1n) is 10.2. The lowest BCUT2D eigenvalue weighted by Gasteiger charge is -2.50. The molecule has 180 valence electrons. The first-order valence-corrected chi connectivity index (χ1v) is 12.3. The van der Waals surface area contributed by atoms with Crippen LogP contribution in [0.5, 0.6) is 0 Å². The van der Waals surface area contributed by atoms with Crippen LogP contribution in [-0.4, -0.2) is 42.3 Å². The number of alkyl halides is 2. The molecule has 2 aromatic rings. The predicted molar refractivity (Wildman–Crippen MR) is 122 cm³/mol. The molecule has 0 unspecified atom stereocenters. The van der Waals surface area contributed by atoms with E-state index >= 15 is 4.39 Å². The summed E-state index contributed by atoms with van der Waals surface area (Å²) < 4.78 is 57.2. The summed E-state index contributed by atoms with van der Waals surface area (Å²) in [5, 5.41) is 5.22. The fourth-order valence-corrected chi connectivity index (χ4v) is 8.43. The molecule has 0 radical (unpaired) electrons. The largest absolute Gasteiger partial charge is 0.386 e. The molecule has 0 bridgehead atoms. The molecule has 0 spiro atoms. The minimum atomic E-state index is -3.10. The van der Waals surface area contributed by atoms with Gasteiger partial charge in [0.15, 0.2) is 5.69 Å². The monoisotopic (exact) mass is 504 g/mol. The Bertz CT molecular complexity index is 1220. The van der Waals surface area contributed by atoms with Crippen molar-refractivity contribution in [2.75, 3.05) is 11.9 Å². The van der Waals surface area contributed by atoms with E-state index in [9.17, 15) is 17.8 Å². The molecule has 4 rings (SSSR count). The number of carbonyl (C=O) groups excluding carboxylic acids is 1. The smallest absolute Gasteiger partial charge is 0.333 e. The number of amidine groups is 1. The lowest BCUT2D eigenvalue weighted by atomic mass is 9.86. The molecule has 1 fully saturated rings. The number of fused-ring (bicyclic) bond motifs is 1. The Morgan fingerprint density at radius 3 is 2.73 bits per heavy atom. The maximum absolute atomic E-state index is 15.1. The third kappa shape index (κ3) is 3.55. The molecular weight excluding hydrogens is 481 g/mol. The van der Waals surface area contributed by atoms with Gasteiger partial charge in [-0.15, -0.1) is 0 Å². The molecule has 1 saturated heterocycles. The second kappa shape index (κ2) is 7.81. The van der Waals surface area contributed by atoms with E-state index in [-0.39, 0.29) is 26.8 Å². The number of hydrogen-bond donors (Lipinski definition) is 4. The van der Waals surface area contributed by atoms with Crippen molar-refractivity contribution in [2.24, 2.45) is 10.7 Å². The Morgan fingerprint density at radius 1 is 1.39 bits per heavy atom. The van der Waals surface area contributed by atoms with Crippen molar-refractivity contribution >= 4 is 39.1 Å². The standard InChI is InChI=1S/C20H24ClF3N6O2S/c1-19(2)17(25)28-20(3,14-6-7-26-33(14,19)32)11-8-10(4-5-13(11)22)27-16(31)15-12(21)9-30(29-15)18(23)24/h4-5,8-9,14,18,33H,6-7H2,1-3H3,(H2,25,28)(H,26,32)(H,27,31)/t14-,20+/m0/s1. The average molecular weight is 505 g/mol. The molecule has 0 aliphatic carbocycles. The van der Waals surface area contributed by atoms with Crippen LogP contribution in [0, 0.1) is 5.82 Å². The number of nitrogens with zero attached hydrogens (tertiary/aromatic N) is 3. The van der Waals surface area contributed by atoms with Crippen LogP contribution < -0.4 is 15.8 Å². The van der Waals surface area contributed by atoms with Gasteiger partial charge in [0.25, 0.3) is 5.91 Å². The third-order valence-electron chi connectivity index (χ3n) is 6.53. The second-order valence-electron chi connectivity index (χ2n) is 8.81. The van der Waals surface area contributed by atoms with Gasteiger partial charge in [0.05, 0.1) is 21.2 Å². The van der Waals surface area contributed by atoms with Gasteiger partial charge in [-0.2, -0.15) is 13.9 Å². The zero-order valence-electron chi connectivity index (χ0n) is 18.1. The highest BCUT2D eigenvalue weighted by molar-refractivity contribution is 8.04. The van der Waals surface area contributed by atoms with Crippen LogP contribution in [0.15, 0.2) is 29.4 Å². The quantitative estimate of drug-likeness (QED) is 0.479. The lowest BCUT2D eigenvalue weighted by Crippen LogP contribution is -2.64. The number of amides is 1. The van der Waals surface area contributed by atoms with Crippen LogP contribution in [0.4, 0.5) is 18.9 Å². The number of nitrogens with one attached hydrogen (secondary N) is 2. The van der Waals surface area contributed by atoms with Crippen molar-refractivity contribution in [1.29, 1.82) is 0 Å². The Kier molecular flexibility index (Phi) is 5.61. The first-order chi connectivity index (χ1) is 15.3. The number of rotatable bonds is 4. The van der Waals surface area contributed by atoms with Gasteiger partial charge in [0, 0.05) is 17.8 Å². The van der Waals surface area contributed by atoms with E-state index in [4.69, 9.17) is 17.3 Å². The molecule has 1 aromatic heterocycles. The maximum atomic E-state index is 15.1. The van der Waals surface area contributed by atoms with E-state index < -0.39 is 49.6 Å². The highest BCUT2D eigenvalue weighted by atomic mass is 35.5. The van der Waals surface area contributed by atoms with Gasteiger partial charge >= 0.3 is 6.55 Å². The normalized spacial score (nSPS) is 26.5. The van der Waals surface area contributed by atoms with Crippen LogP contribution in [0.25, 0.3) is 0 Å². The maximum Gasteiger partial charge on any atom is 0.333 e. The van der Waals surface area contributed by atoms with Crippen LogP contribution in [-0.2, 0) is 15.7 Å². The van der Waals surface area contributed by atoms with Crippen molar-refractivity contribution in [3.8, 4) is 0 Å². The number of hydrogen-bond acceptors (Lipinski definition) is 5. The average Bonchev–Trinajstić information content (AvgIpc) is 3.33. The zero-order valence-corrected chi connectivity index (χ0v) is 19.7. The van der Waals surface area contributed by atoms with Gasteiger partial charge in [-0.25, -0.2) is 9.07 Å². The zero-order chi connectivity index (χ0) is 24.3. The summed E-state index contributed by atoms with van der Waals surface area (Å²) in [4.78, 5) is 17.2. The van der Waals surface area contributed by atoms with Gasteiger partial charge in [-0.1, -0.05) is 11.6 Å². The Labute approximate surface area is 194 Å². The van der Waals surface area contributed by atoms with E-state index in [1.807, 2.05) is 0 Å². The lowest BCUT2D eigenvalue weighted by molar-refractivity contribution is 0.0561. The van der Waals surface area contributed by atoms with Crippen LogP contribution in [0.1, 0.15) is 49.8 Å². The third-order valence-corrected chi connectivity index (χ3v) is 11.0. The van der Waals surface area contributed by atoms with Gasteiger partial charge in [-0.05, 0) is 55.5 Å². The molecule has 2 aliphatic heterocycles. The first kappa shape index (κ1) is 23.7. The molecule has 2 atom stereocenters. The van der Waals surface area contributed by atoms with Crippen molar-refractivity contribution in [3.63, 3.8) is 0 Å². The van der Waals surface area contributed by atoms with E-state index in [2.05, 4.69) is 20.1 Å². The fraction of sp³-hybridized carbons (Fsp3) is 0.450. The molecule has 1 amide bonds. The van der Waals surface area contributed by atoms with Crippen molar-refractivity contribution in [3.05, 3.63) is 46.5 Å². The molecule has 1 aromatic carbocycles. The summed E-state index contributed by atoms with van der Waals surface area (Å²) in [7, 11) is -3.10. The van der Waals surface area contributed by atoms with Gasteiger partial charge < -0.3 is 11.1 Å². The van der Waals surface area contributed by atoms with E-state index in [0.717, 1.165) is 12.3 Å². The van der Waals surface area contributed by atoms with Gasteiger partial charge in [0.2, 0.25) is 0 Å². The van der Waals surface area contributed by atoms with Crippen LogP contribution >= 0.6 is 11.6 Å². The summed E-state index contributed by atoms with van der Waals surface area (Å²) in [5.41, 5.74) is 4.83. The van der Waals surface area contributed by atoms with Crippen LogP contribution in [0.2, 0.25) is 5.02 Å². The van der Waals surface area contributed by atoms with E-state index in [0.29, 0.717) is 13.0 Å². The topological polar surface area (TPSA) is 114 Å². The molecular formula is C20H24ClF3N6O2S. The summed E-state index contributed by atoms with van der Waals surface area (Å²) in [6.07, 6.45) is 1.34. The summed E-state index contributed by atoms with van der Waals surface area (Å²) in [5.74, 6) is -1.30.